The van der Waals surface area contributed by atoms with Gasteiger partial charge in [-0.15, -0.1) is 0 Å². The first kappa shape index (κ1) is 9.52. The fourth-order valence-corrected chi connectivity index (χ4v) is 2.29. The molecule has 0 aliphatic carbocycles. The van der Waals surface area contributed by atoms with E-state index < -0.39 is 0 Å². The van der Waals surface area contributed by atoms with Crippen LogP contribution in [0.2, 0.25) is 0 Å². The Bertz CT molecular complexity index is 309. The van der Waals surface area contributed by atoms with Crippen molar-refractivity contribution in [3.05, 3.63) is 20.7 Å². The molecule has 0 bridgehead atoms. The third-order valence-corrected chi connectivity index (χ3v) is 2.62. The monoisotopic (exact) mass is 185 g/mol. The van der Waals surface area contributed by atoms with Crippen LogP contribution in [0.3, 0.4) is 0 Å². The van der Waals surface area contributed by atoms with Gasteiger partial charge in [-0.05, 0) is 19.8 Å². The van der Waals surface area contributed by atoms with E-state index >= 15 is 0 Å². The molecule has 12 heavy (non-hydrogen) atoms. The van der Waals surface area contributed by atoms with Crippen molar-refractivity contribution in [3.8, 4) is 0 Å². The Balaban J connectivity index is 3.22. The van der Waals surface area contributed by atoms with Crippen molar-refractivity contribution in [3.63, 3.8) is 0 Å². The average molecular weight is 185 g/mol. The molecule has 0 aliphatic heterocycles. The summed E-state index contributed by atoms with van der Waals surface area (Å²) in [6.45, 7) is 8.31. The SMILES string of the molecule is CC(C)c1csc(=O)n1C(C)C. The molecule has 0 spiro atoms. The third kappa shape index (κ3) is 1.61. The van der Waals surface area contributed by atoms with Gasteiger partial charge < -0.3 is 4.57 Å². The van der Waals surface area contributed by atoms with E-state index in [0.29, 0.717) is 5.92 Å². The van der Waals surface area contributed by atoms with E-state index in [-0.39, 0.29) is 10.9 Å². The van der Waals surface area contributed by atoms with E-state index in [9.17, 15) is 4.79 Å². The van der Waals surface area contributed by atoms with Crippen molar-refractivity contribution >= 4 is 11.3 Å². The highest BCUT2D eigenvalue weighted by molar-refractivity contribution is 7.07. The fraction of sp³-hybridized carbons (Fsp3) is 0.667. The molecule has 0 aromatic carbocycles. The molecular formula is C9H15NOS. The summed E-state index contributed by atoms with van der Waals surface area (Å²) in [6, 6.07) is 0.279. The van der Waals surface area contributed by atoms with Crippen LogP contribution in [-0.2, 0) is 0 Å². The first-order chi connectivity index (χ1) is 5.54. The van der Waals surface area contributed by atoms with Crippen LogP contribution >= 0.6 is 11.3 Å². The minimum atomic E-state index is 0.161. The molecule has 1 heterocycles. The first-order valence-corrected chi connectivity index (χ1v) is 5.12. The predicted octanol–water partition coefficient (Wildman–Crippen LogP) is 2.61. The molecule has 0 amide bonds. The fourth-order valence-electron chi connectivity index (χ4n) is 1.25. The standard InChI is InChI=1S/C9H15NOS/c1-6(2)8-5-12-9(11)10(8)7(3)4/h5-7H,1-4H3. The minimum absolute atomic E-state index is 0.161. The molecule has 0 fully saturated rings. The zero-order chi connectivity index (χ0) is 9.30. The highest BCUT2D eigenvalue weighted by Gasteiger charge is 2.11. The first-order valence-electron chi connectivity index (χ1n) is 4.24. The molecule has 0 N–H and O–H groups in total. The van der Waals surface area contributed by atoms with E-state index in [2.05, 4.69) is 13.8 Å². The van der Waals surface area contributed by atoms with Gasteiger partial charge in [0.2, 0.25) is 0 Å². The molecule has 0 saturated heterocycles. The van der Waals surface area contributed by atoms with Crippen LogP contribution in [0.5, 0.6) is 0 Å². The van der Waals surface area contributed by atoms with Gasteiger partial charge in [-0.25, -0.2) is 0 Å². The van der Waals surface area contributed by atoms with Crippen LogP contribution in [0.25, 0.3) is 0 Å². The van der Waals surface area contributed by atoms with E-state index in [1.807, 2.05) is 23.8 Å². The normalized spacial score (nSPS) is 11.5. The van der Waals surface area contributed by atoms with Gasteiger partial charge in [0.1, 0.15) is 0 Å². The second-order valence-corrected chi connectivity index (χ2v) is 4.37. The molecule has 1 rings (SSSR count). The molecule has 0 saturated carbocycles. The molecule has 3 heteroatoms. The molecule has 0 aliphatic rings. The van der Waals surface area contributed by atoms with Crippen LogP contribution in [0.4, 0.5) is 0 Å². The lowest BCUT2D eigenvalue weighted by molar-refractivity contribution is 0.548. The van der Waals surface area contributed by atoms with Crippen molar-refractivity contribution in [2.45, 2.75) is 39.7 Å². The molecule has 1 aromatic heterocycles. The summed E-state index contributed by atoms with van der Waals surface area (Å²) >= 11 is 1.30. The molecule has 0 unspecified atom stereocenters. The van der Waals surface area contributed by atoms with Crippen molar-refractivity contribution in [1.29, 1.82) is 0 Å². The van der Waals surface area contributed by atoms with Crippen LogP contribution < -0.4 is 4.87 Å². The van der Waals surface area contributed by atoms with E-state index in [1.165, 1.54) is 11.3 Å². The smallest absolute Gasteiger partial charge is 0.300 e. The molecule has 68 valence electrons. The number of thiazole rings is 1. The number of nitrogens with zero attached hydrogens (tertiary/aromatic N) is 1. The van der Waals surface area contributed by atoms with Crippen LogP contribution in [-0.4, -0.2) is 4.57 Å². The second-order valence-electron chi connectivity index (χ2n) is 3.54. The lowest BCUT2D eigenvalue weighted by Gasteiger charge is -2.12. The Morgan fingerprint density at radius 1 is 1.33 bits per heavy atom. The molecule has 0 atom stereocenters. The van der Waals surface area contributed by atoms with Gasteiger partial charge in [0.05, 0.1) is 0 Å². The predicted molar refractivity (Wildman–Crippen MR) is 53.1 cm³/mol. The summed E-state index contributed by atoms with van der Waals surface area (Å²) in [5.74, 6) is 0.436. The van der Waals surface area contributed by atoms with E-state index in [0.717, 1.165) is 5.69 Å². The highest BCUT2D eigenvalue weighted by Crippen LogP contribution is 2.18. The Labute approximate surface area is 76.9 Å². The summed E-state index contributed by atoms with van der Waals surface area (Å²) in [6.07, 6.45) is 0. The summed E-state index contributed by atoms with van der Waals surface area (Å²) in [4.78, 5) is 11.5. The van der Waals surface area contributed by atoms with Gasteiger partial charge in [-0.2, -0.15) is 0 Å². The van der Waals surface area contributed by atoms with Gasteiger partial charge in [-0.1, -0.05) is 25.2 Å². The number of hydrogen-bond acceptors (Lipinski definition) is 2. The second kappa shape index (κ2) is 3.44. The summed E-state index contributed by atoms with van der Waals surface area (Å²) in [7, 11) is 0. The van der Waals surface area contributed by atoms with Gasteiger partial charge >= 0.3 is 4.87 Å². The number of aromatic nitrogens is 1. The maximum atomic E-state index is 11.4. The lowest BCUT2D eigenvalue weighted by atomic mass is 10.1. The van der Waals surface area contributed by atoms with Crippen LogP contribution in [0.15, 0.2) is 10.2 Å². The zero-order valence-corrected chi connectivity index (χ0v) is 8.81. The van der Waals surface area contributed by atoms with Crippen molar-refractivity contribution < 1.29 is 0 Å². The Morgan fingerprint density at radius 3 is 2.25 bits per heavy atom. The lowest BCUT2D eigenvalue weighted by Crippen LogP contribution is -2.18. The van der Waals surface area contributed by atoms with Gasteiger partial charge in [0.15, 0.2) is 0 Å². The number of rotatable bonds is 2. The quantitative estimate of drug-likeness (QED) is 0.694. The number of hydrogen-bond donors (Lipinski definition) is 0. The Kier molecular flexibility index (Phi) is 2.73. The molecule has 2 nitrogen and oxygen atoms in total. The summed E-state index contributed by atoms with van der Waals surface area (Å²) < 4.78 is 1.87. The Morgan fingerprint density at radius 2 is 1.92 bits per heavy atom. The van der Waals surface area contributed by atoms with Crippen LogP contribution in [0.1, 0.15) is 45.3 Å². The largest absolute Gasteiger partial charge is 0.307 e. The van der Waals surface area contributed by atoms with Gasteiger partial charge in [0, 0.05) is 17.1 Å². The average Bonchev–Trinajstić information content (AvgIpc) is 2.30. The van der Waals surface area contributed by atoms with Gasteiger partial charge in [-0.3, -0.25) is 4.79 Å². The molecular weight excluding hydrogens is 170 g/mol. The summed E-state index contributed by atoms with van der Waals surface area (Å²) in [5, 5.41) is 1.97. The van der Waals surface area contributed by atoms with E-state index in [4.69, 9.17) is 0 Å². The van der Waals surface area contributed by atoms with Crippen molar-refractivity contribution in [1.82, 2.24) is 4.57 Å². The molecule has 1 aromatic rings. The van der Waals surface area contributed by atoms with Crippen molar-refractivity contribution in [2.75, 3.05) is 0 Å². The zero-order valence-electron chi connectivity index (χ0n) is 8.00. The highest BCUT2D eigenvalue weighted by atomic mass is 32.1. The summed E-state index contributed by atoms with van der Waals surface area (Å²) in [5.41, 5.74) is 1.15. The molecule has 0 radical (unpaired) electrons. The Hall–Kier alpha value is -0.570. The maximum absolute atomic E-state index is 11.4. The minimum Gasteiger partial charge on any atom is -0.300 e. The van der Waals surface area contributed by atoms with Crippen molar-refractivity contribution in [2.24, 2.45) is 0 Å². The van der Waals surface area contributed by atoms with E-state index in [1.54, 1.807) is 0 Å². The van der Waals surface area contributed by atoms with Gasteiger partial charge in [0.25, 0.3) is 0 Å². The van der Waals surface area contributed by atoms with Crippen LogP contribution in [0, 0.1) is 0 Å². The maximum Gasteiger partial charge on any atom is 0.307 e. The topological polar surface area (TPSA) is 22.0 Å². The third-order valence-electron chi connectivity index (χ3n) is 1.86.